The number of benzene rings is 2. The van der Waals surface area contributed by atoms with E-state index in [1.165, 1.54) is 0 Å². The molecule has 0 unspecified atom stereocenters. The molecule has 2 aromatic carbocycles. The quantitative estimate of drug-likeness (QED) is 0.259. The van der Waals surface area contributed by atoms with Gasteiger partial charge >= 0.3 is 0 Å². The molecule has 2 saturated carbocycles. The Balaban J connectivity index is 1.16. The number of piperidine rings is 1. The summed E-state index contributed by atoms with van der Waals surface area (Å²) in [5.41, 5.74) is 12.5. The number of imidazole rings is 1. The van der Waals surface area contributed by atoms with Crippen molar-refractivity contribution in [2.24, 2.45) is 5.73 Å². The summed E-state index contributed by atoms with van der Waals surface area (Å²) in [5, 5.41) is 13.7. The summed E-state index contributed by atoms with van der Waals surface area (Å²) < 4.78 is 2.19. The van der Waals surface area contributed by atoms with Crippen molar-refractivity contribution in [3.05, 3.63) is 65.5 Å². The number of rotatable bonds is 7. The van der Waals surface area contributed by atoms with Crippen LogP contribution in [0.2, 0.25) is 0 Å². The average molecular weight is 620 g/mol. The molecule has 10 nitrogen and oxygen atoms in total. The van der Waals surface area contributed by atoms with Crippen LogP contribution in [0, 0.1) is 6.92 Å². The van der Waals surface area contributed by atoms with Crippen LogP contribution in [0.4, 0.5) is 17.2 Å². The van der Waals surface area contributed by atoms with Crippen molar-refractivity contribution in [3.63, 3.8) is 0 Å². The number of nitrogens with one attached hydrogen (secondary N) is 1. The third-order valence-corrected chi connectivity index (χ3v) is 10.6. The number of carbonyl (C=O) groups excluding carboxylic acids is 2. The second-order valence-corrected chi connectivity index (χ2v) is 14.2. The van der Waals surface area contributed by atoms with Gasteiger partial charge in [0.1, 0.15) is 5.52 Å². The van der Waals surface area contributed by atoms with Crippen LogP contribution in [-0.2, 0) is 10.2 Å². The monoisotopic (exact) mass is 619 g/mol. The molecule has 2 aliphatic carbocycles. The second-order valence-electron chi connectivity index (χ2n) is 14.2. The molecular weight excluding hydrogens is 578 g/mol. The number of likely N-dealkylation sites (tertiary alicyclic amines) is 1. The standard InChI is InChI=1S/C36H41N7O3/c1-20-6-8-22(14-27(20)33(37)45)39-34-32-30(38-19-42(32)23-9-10-23)17-29(40-34)21-7-11-28-31(13-21)43(35(46)36(28,2)3)25-15-24(16-25)41-12-4-5-26(44)18-41/h6-8,11,13-14,17,19,23-26,44H,4-5,9-10,12,15-16,18H2,1-3H3,(H2,37,45)(H,39,40)/t24-,25+,26-/m1/s1. The highest BCUT2D eigenvalue weighted by molar-refractivity contribution is 6.09. The zero-order valence-electron chi connectivity index (χ0n) is 26.7. The molecule has 3 fully saturated rings. The van der Waals surface area contributed by atoms with E-state index < -0.39 is 11.3 Å². The molecule has 2 aliphatic heterocycles. The number of hydrogen-bond acceptors (Lipinski definition) is 7. The van der Waals surface area contributed by atoms with E-state index in [1.807, 2.05) is 50.2 Å². The van der Waals surface area contributed by atoms with Crippen molar-refractivity contribution >= 4 is 40.0 Å². The van der Waals surface area contributed by atoms with E-state index >= 15 is 0 Å². The lowest BCUT2D eigenvalue weighted by Gasteiger charge is -2.48. The molecule has 0 spiro atoms. The number of hydrogen-bond donors (Lipinski definition) is 3. The fraction of sp³-hybridized carbons (Fsp3) is 0.444. The lowest BCUT2D eigenvalue weighted by molar-refractivity contribution is -0.123. The number of pyridine rings is 1. The predicted octanol–water partition coefficient (Wildman–Crippen LogP) is 5.20. The minimum atomic E-state index is -0.614. The fourth-order valence-electron chi connectivity index (χ4n) is 7.72. The molecule has 8 rings (SSSR count). The van der Waals surface area contributed by atoms with Gasteiger partial charge in [-0.3, -0.25) is 14.5 Å². The smallest absolute Gasteiger partial charge is 0.249 e. The minimum Gasteiger partial charge on any atom is -0.392 e. The van der Waals surface area contributed by atoms with Gasteiger partial charge in [0, 0.05) is 47.2 Å². The largest absolute Gasteiger partial charge is 0.392 e. The van der Waals surface area contributed by atoms with Gasteiger partial charge in [-0.2, -0.15) is 0 Å². The molecule has 4 aliphatic rings. The number of nitrogens with two attached hydrogens (primary N) is 1. The summed E-state index contributed by atoms with van der Waals surface area (Å²) in [7, 11) is 0. The Kier molecular flexibility index (Phi) is 6.74. The lowest BCUT2D eigenvalue weighted by atomic mass is 9.82. The molecule has 46 heavy (non-hydrogen) atoms. The summed E-state index contributed by atoms with van der Waals surface area (Å²) >= 11 is 0. The molecular formula is C36H41N7O3. The number of fused-ring (bicyclic) bond motifs is 2. The van der Waals surface area contributed by atoms with Crippen LogP contribution in [0.25, 0.3) is 22.3 Å². The maximum Gasteiger partial charge on any atom is 0.249 e. The molecule has 2 aromatic heterocycles. The van der Waals surface area contributed by atoms with Crippen LogP contribution in [0.1, 0.15) is 79.9 Å². The Morgan fingerprint density at radius 2 is 1.85 bits per heavy atom. The predicted molar refractivity (Wildman–Crippen MR) is 178 cm³/mol. The Bertz CT molecular complexity index is 1890. The number of anilines is 3. The average Bonchev–Trinajstić information content (AvgIpc) is 3.73. The van der Waals surface area contributed by atoms with Gasteiger partial charge in [0.15, 0.2) is 5.82 Å². The number of nitrogens with zero attached hydrogens (tertiary/aromatic N) is 5. The number of primary amides is 1. The number of aliphatic hydroxyl groups is 1. The molecule has 0 bridgehead atoms. The Hall–Kier alpha value is -4.28. The van der Waals surface area contributed by atoms with Crippen molar-refractivity contribution in [2.75, 3.05) is 23.3 Å². The van der Waals surface area contributed by atoms with Crippen LogP contribution in [0.5, 0.6) is 0 Å². The Morgan fingerprint density at radius 3 is 2.59 bits per heavy atom. The normalized spacial score (nSPS) is 24.2. The van der Waals surface area contributed by atoms with E-state index in [2.05, 4.69) is 33.0 Å². The molecule has 4 heterocycles. The van der Waals surface area contributed by atoms with Gasteiger partial charge in [-0.05, 0) is 101 Å². The highest BCUT2D eigenvalue weighted by Crippen LogP contribution is 2.48. The van der Waals surface area contributed by atoms with Gasteiger partial charge in [0.25, 0.3) is 0 Å². The molecule has 1 atom stereocenters. The second kappa shape index (κ2) is 10.6. The molecule has 10 heteroatoms. The van der Waals surface area contributed by atoms with Crippen molar-refractivity contribution in [1.82, 2.24) is 19.4 Å². The third-order valence-electron chi connectivity index (χ3n) is 10.6. The van der Waals surface area contributed by atoms with Gasteiger partial charge in [-0.15, -0.1) is 0 Å². The first-order valence-electron chi connectivity index (χ1n) is 16.5. The van der Waals surface area contributed by atoms with E-state index in [4.69, 9.17) is 15.7 Å². The van der Waals surface area contributed by atoms with Gasteiger partial charge in [0.05, 0.1) is 29.1 Å². The van der Waals surface area contributed by atoms with Crippen LogP contribution >= 0.6 is 0 Å². The number of aryl methyl sites for hydroxylation is 1. The molecule has 1 saturated heterocycles. The van der Waals surface area contributed by atoms with Crippen molar-refractivity contribution in [2.45, 2.75) is 88.9 Å². The molecule has 2 amide bonds. The first kappa shape index (κ1) is 29.1. The topological polar surface area (TPSA) is 130 Å². The SMILES string of the molecule is Cc1ccc(Nc2nc(-c3ccc4c(c3)N([C@H]3C[C@@H](N5CCC[C@@H](O)C5)C3)C(=O)C4(C)C)cc3ncn(C4CC4)c23)cc1C(N)=O. The Labute approximate surface area is 268 Å². The van der Waals surface area contributed by atoms with Crippen LogP contribution < -0.4 is 16.0 Å². The lowest BCUT2D eigenvalue weighted by Crippen LogP contribution is -2.58. The van der Waals surface area contributed by atoms with E-state index in [-0.39, 0.29) is 18.1 Å². The van der Waals surface area contributed by atoms with E-state index in [9.17, 15) is 14.7 Å². The van der Waals surface area contributed by atoms with Crippen molar-refractivity contribution in [3.8, 4) is 11.3 Å². The maximum absolute atomic E-state index is 13.9. The summed E-state index contributed by atoms with van der Waals surface area (Å²) in [6, 6.07) is 14.8. The first-order chi connectivity index (χ1) is 22.1. The van der Waals surface area contributed by atoms with Gasteiger partial charge < -0.3 is 25.6 Å². The summed E-state index contributed by atoms with van der Waals surface area (Å²) in [6.45, 7) is 7.65. The number of β-amino-alcohol motifs (C(OH)–C–C–N with tert-alkyl or cyclic N) is 1. The summed E-state index contributed by atoms with van der Waals surface area (Å²) in [6.07, 6.45) is 7.58. The highest BCUT2D eigenvalue weighted by Gasteiger charge is 2.50. The number of aromatic nitrogens is 3. The van der Waals surface area contributed by atoms with Gasteiger partial charge in [0.2, 0.25) is 11.8 Å². The van der Waals surface area contributed by atoms with Crippen molar-refractivity contribution in [1.29, 1.82) is 0 Å². The first-order valence-corrected chi connectivity index (χ1v) is 16.5. The van der Waals surface area contributed by atoms with Crippen LogP contribution in [0.3, 0.4) is 0 Å². The van der Waals surface area contributed by atoms with E-state index in [0.29, 0.717) is 23.5 Å². The zero-order chi connectivity index (χ0) is 31.9. The van der Waals surface area contributed by atoms with Crippen LogP contribution in [-0.4, -0.2) is 67.6 Å². The van der Waals surface area contributed by atoms with Gasteiger partial charge in [-0.25, -0.2) is 9.97 Å². The summed E-state index contributed by atoms with van der Waals surface area (Å²) in [5.74, 6) is 0.332. The Morgan fingerprint density at radius 1 is 1.04 bits per heavy atom. The highest BCUT2D eigenvalue weighted by atomic mass is 16.3. The maximum atomic E-state index is 13.9. The molecule has 4 aromatic rings. The molecule has 238 valence electrons. The summed E-state index contributed by atoms with van der Waals surface area (Å²) in [4.78, 5) is 40.4. The van der Waals surface area contributed by atoms with E-state index in [0.717, 1.165) is 96.4 Å². The van der Waals surface area contributed by atoms with Crippen molar-refractivity contribution < 1.29 is 14.7 Å². The van der Waals surface area contributed by atoms with Crippen LogP contribution in [0.15, 0.2) is 48.8 Å². The van der Waals surface area contributed by atoms with Gasteiger partial charge in [-0.1, -0.05) is 18.2 Å². The van der Waals surface area contributed by atoms with E-state index in [1.54, 1.807) is 6.07 Å². The minimum absolute atomic E-state index is 0.134. The zero-order valence-corrected chi connectivity index (χ0v) is 26.7. The number of amides is 2. The third kappa shape index (κ3) is 4.77. The molecule has 0 radical (unpaired) electrons. The fourth-order valence-corrected chi connectivity index (χ4v) is 7.72. The number of aliphatic hydroxyl groups excluding tert-OH is 1. The number of carbonyl (C=O) groups is 2. The molecule has 4 N–H and O–H groups in total.